The van der Waals surface area contributed by atoms with Crippen molar-refractivity contribution in [2.45, 2.75) is 0 Å². The Bertz CT molecular complexity index is 1020. The zero-order valence-corrected chi connectivity index (χ0v) is 12.1. The van der Waals surface area contributed by atoms with Crippen LogP contribution in [-0.4, -0.2) is 14.8 Å². The molecule has 0 saturated carbocycles. The Labute approximate surface area is 130 Å². The van der Waals surface area contributed by atoms with Gasteiger partial charge < -0.3 is 10.7 Å². The number of H-pyrrole nitrogens is 1. The maximum Gasteiger partial charge on any atom is 0.282 e. The molecule has 0 spiro atoms. The molecule has 0 aromatic heterocycles. The molecule has 5 nitrogen and oxygen atoms in total. The highest BCUT2D eigenvalue weighted by atomic mass is 35.5. The Hall–Kier alpha value is -2.79. The molecule has 0 amide bonds. The lowest BCUT2D eigenvalue weighted by atomic mass is 10.1. The van der Waals surface area contributed by atoms with Crippen LogP contribution in [-0.2, 0) is 0 Å². The van der Waals surface area contributed by atoms with Gasteiger partial charge in [-0.2, -0.15) is 9.78 Å². The van der Waals surface area contributed by atoms with Crippen LogP contribution in [0, 0.1) is 0 Å². The zero-order valence-electron chi connectivity index (χ0n) is 11.4. The molecule has 108 valence electrons. The molecular formula is C16H11ClN4O. The summed E-state index contributed by atoms with van der Waals surface area (Å²) in [6.45, 7) is 0. The van der Waals surface area contributed by atoms with Crippen LogP contribution in [0.3, 0.4) is 0 Å². The van der Waals surface area contributed by atoms with Gasteiger partial charge in [0, 0.05) is 27.8 Å². The normalized spacial score (nSPS) is 11.3. The fourth-order valence-corrected chi connectivity index (χ4v) is 2.66. The van der Waals surface area contributed by atoms with Crippen molar-refractivity contribution in [3.8, 4) is 16.9 Å². The van der Waals surface area contributed by atoms with Crippen LogP contribution >= 0.6 is 11.6 Å². The van der Waals surface area contributed by atoms with Crippen molar-refractivity contribution < 1.29 is 0 Å². The lowest BCUT2D eigenvalue weighted by Gasteiger charge is -2.03. The van der Waals surface area contributed by atoms with Crippen LogP contribution in [0.4, 0.5) is 5.69 Å². The summed E-state index contributed by atoms with van der Waals surface area (Å²) in [7, 11) is 0. The molecule has 0 unspecified atom stereocenters. The number of halogens is 1. The van der Waals surface area contributed by atoms with Gasteiger partial charge in [-0.15, -0.1) is 0 Å². The van der Waals surface area contributed by atoms with Crippen molar-refractivity contribution in [3.05, 3.63) is 64.0 Å². The molecule has 2 aliphatic rings. The largest absolute Gasteiger partial charge is 0.399 e. The summed E-state index contributed by atoms with van der Waals surface area (Å²) in [5.74, 6) is 0. The predicted molar refractivity (Wildman–Crippen MR) is 87.7 cm³/mol. The number of nitrogens with one attached hydrogen (secondary N) is 1. The van der Waals surface area contributed by atoms with Crippen molar-refractivity contribution in [2.24, 2.45) is 0 Å². The smallest absolute Gasteiger partial charge is 0.282 e. The topological polar surface area (TPSA) is 76.7 Å². The minimum absolute atomic E-state index is 0.174. The molecule has 2 aliphatic heterocycles. The Morgan fingerprint density at radius 3 is 2.68 bits per heavy atom. The van der Waals surface area contributed by atoms with Crippen LogP contribution in [0.2, 0.25) is 5.02 Å². The Kier molecular flexibility index (Phi) is 2.71. The molecule has 2 aromatic carbocycles. The van der Waals surface area contributed by atoms with Gasteiger partial charge in [0.15, 0.2) is 0 Å². The number of aromatic amines is 1. The average Bonchev–Trinajstić information content (AvgIpc) is 2.85. The van der Waals surface area contributed by atoms with Crippen molar-refractivity contribution in [3.63, 3.8) is 0 Å². The Balaban J connectivity index is 2.03. The number of anilines is 1. The third-order valence-corrected chi connectivity index (χ3v) is 3.87. The van der Waals surface area contributed by atoms with E-state index in [4.69, 9.17) is 17.3 Å². The maximum absolute atomic E-state index is 12.5. The highest BCUT2D eigenvalue weighted by Crippen LogP contribution is 2.27. The first-order chi connectivity index (χ1) is 10.6. The van der Waals surface area contributed by atoms with Crippen LogP contribution in [0.1, 0.15) is 0 Å². The first kappa shape index (κ1) is 12.9. The summed E-state index contributed by atoms with van der Waals surface area (Å²) in [5, 5.41) is 5.94. The quantitative estimate of drug-likeness (QED) is 0.530. The lowest BCUT2D eigenvalue weighted by molar-refractivity contribution is 0.859. The van der Waals surface area contributed by atoms with E-state index < -0.39 is 0 Å². The molecule has 0 radical (unpaired) electrons. The summed E-state index contributed by atoms with van der Waals surface area (Å²) in [6, 6.07) is 12.5. The second-order valence-electron chi connectivity index (χ2n) is 5.05. The van der Waals surface area contributed by atoms with Gasteiger partial charge in [0.25, 0.3) is 5.56 Å². The van der Waals surface area contributed by atoms with Crippen molar-refractivity contribution in [1.29, 1.82) is 0 Å². The van der Waals surface area contributed by atoms with Gasteiger partial charge in [0.05, 0.1) is 11.3 Å². The van der Waals surface area contributed by atoms with Gasteiger partial charge in [-0.1, -0.05) is 11.6 Å². The summed E-state index contributed by atoms with van der Waals surface area (Å²) in [6.07, 6.45) is 1.67. The predicted octanol–water partition coefficient (Wildman–Crippen LogP) is 3.05. The number of hydrogen-bond donors (Lipinski definition) is 2. The number of rotatable bonds is 1. The number of hydrogen-bond acceptors (Lipinski definition) is 3. The van der Waals surface area contributed by atoms with Gasteiger partial charge in [0.2, 0.25) is 0 Å². The second kappa shape index (κ2) is 4.61. The highest BCUT2D eigenvalue weighted by Gasteiger charge is 2.18. The van der Waals surface area contributed by atoms with Crippen molar-refractivity contribution in [2.75, 3.05) is 5.73 Å². The Morgan fingerprint density at radius 1 is 1.14 bits per heavy atom. The van der Waals surface area contributed by atoms with Gasteiger partial charge in [0.1, 0.15) is 5.69 Å². The van der Waals surface area contributed by atoms with E-state index in [1.54, 1.807) is 36.5 Å². The van der Waals surface area contributed by atoms with E-state index in [-0.39, 0.29) is 5.56 Å². The summed E-state index contributed by atoms with van der Waals surface area (Å²) >= 11 is 5.89. The standard InChI is InChI=1S/C16H11ClN4O/c17-9-1-4-11(5-2-9)21-16(22)13-8-19-14-7-10(18)3-6-12(14)15(13)20-21/h1-8,19H,18H2. The number of fused-ring (bicyclic) bond motifs is 3. The van der Waals surface area contributed by atoms with Gasteiger partial charge in [-0.05, 0) is 42.5 Å². The van der Waals surface area contributed by atoms with Crippen LogP contribution in [0.15, 0.2) is 53.5 Å². The fraction of sp³-hybridized carbons (Fsp3) is 0. The summed E-state index contributed by atoms with van der Waals surface area (Å²) in [4.78, 5) is 15.6. The van der Waals surface area contributed by atoms with E-state index in [2.05, 4.69) is 10.1 Å². The monoisotopic (exact) mass is 310 g/mol. The van der Waals surface area contributed by atoms with Gasteiger partial charge >= 0.3 is 0 Å². The molecule has 3 N–H and O–H groups in total. The molecule has 0 aliphatic carbocycles. The minimum Gasteiger partial charge on any atom is -0.399 e. The van der Waals surface area contributed by atoms with Gasteiger partial charge in [-0.25, -0.2) is 0 Å². The molecule has 4 rings (SSSR count). The van der Waals surface area contributed by atoms with E-state index in [0.717, 1.165) is 10.9 Å². The number of pyridine rings is 1. The molecule has 22 heavy (non-hydrogen) atoms. The van der Waals surface area contributed by atoms with Crippen LogP contribution < -0.4 is 11.3 Å². The number of nitrogen functional groups attached to an aromatic ring is 1. The molecule has 0 saturated heterocycles. The number of benzene rings is 2. The molecule has 0 atom stereocenters. The maximum atomic E-state index is 12.5. The first-order valence-corrected chi connectivity index (χ1v) is 7.07. The third-order valence-electron chi connectivity index (χ3n) is 3.62. The SMILES string of the molecule is Nc1ccc2c3nn(-c4ccc(Cl)cc4)c(=O)c-3c[nH]c2c1. The van der Waals surface area contributed by atoms with Crippen molar-refractivity contribution in [1.82, 2.24) is 14.8 Å². The molecule has 0 fully saturated rings. The van der Waals surface area contributed by atoms with E-state index in [9.17, 15) is 4.79 Å². The van der Waals surface area contributed by atoms with Crippen LogP contribution in [0.5, 0.6) is 0 Å². The van der Waals surface area contributed by atoms with Crippen LogP contribution in [0.25, 0.3) is 27.8 Å². The van der Waals surface area contributed by atoms with Crippen molar-refractivity contribution >= 4 is 28.2 Å². The third kappa shape index (κ3) is 1.87. The number of nitrogens with zero attached hydrogens (tertiary/aromatic N) is 2. The Morgan fingerprint density at radius 2 is 1.91 bits per heavy atom. The van der Waals surface area contributed by atoms with E-state index in [1.165, 1.54) is 4.68 Å². The minimum atomic E-state index is -0.174. The lowest BCUT2D eigenvalue weighted by Crippen LogP contribution is -2.14. The van der Waals surface area contributed by atoms with E-state index in [1.807, 2.05) is 12.1 Å². The molecule has 6 heteroatoms. The van der Waals surface area contributed by atoms with E-state index in [0.29, 0.717) is 27.7 Å². The molecular weight excluding hydrogens is 300 g/mol. The first-order valence-electron chi connectivity index (χ1n) is 6.69. The summed E-state index contributed by atoms with van der Waals surface area (Å²) in [5.41, 5.74) is 8.97. The molecule has 2 heterocycles. The summed E-state index contributed by atoms with van der Waals surface area (Å²) < 4.78 is 1.38. The average molecular weight is 311 g/mol. The number of aromatic nitrogens is 3. The number of nitrogens with two attached hydrogens (primary N) is 1. The highest BCUT2D eigenvalue weighted by molar-refractivity contribution is 6.30. The molecule has 0 bridgehead atoms. The van der Waals surface area contributed by atoms with E-state index >= 15 is 0 Å². The van der Waals surface area contributed by atoms with Gasteiger partial charge in [-0.3, -0.25) is 4.79 Å². The zero-order chi connectivity index (χ0) is 15.3. The fourth-order valence-electron chi connectivity index (χ4n) is 2.54. The second-order valence-corrected chi connectivity index (χ2v) is 5.49. The molecule has 2 aromatic rings.